The van der Waals surface area contributed by atoms with Gasteiger partial charge in [-0.2, -0.15) is 0 Å². The summed E-state index contributed by atoms with van der Waals surface area (Å²) in [4.78, 5) is 34.6. The van der Waals surface area contributed by atoms with Crippen molar-refractivity contribution in [1.29, 1.82) is 0 Å². The number of ether oxygens (including phenoxy) is 3. The van der Waals surface area contributed by atoms with Crippen LogP contribution in [0.3, 0.4) is 0 Å². The highest BCUT2D eigenvalue weighted by Gasteiger charge is 2.29. The lowest BCUT2D eigenvalue weighted by atomic mass is 10.1. The molecule has 1 N–H and O–H groups in total. The number of carbonyl (C=O) groups is 3. The van der Waals surface area contributed by atoms with Gasteiger partial charge in [0, 0.05) is 19.4 Å². The van der Waals surface area contributed by atoms with Gasteiger partial charge in [-0.05, 0) is 23.8 Å². The van der Waals surface area contributed by atoms with E-state index in [4.69, 9.17) is 14.2 Å². The second kappa shape index (κ2) is 7.74. The van der Waals surface area contributed by atoms with E-state index in [1.165, 1.54) is 26.0 Å². The Morgan fingerprint density at radius 1 is 1.00 bits per heavy atom. The number of hydrogen-bond donors (Lipinski definition) is 1. The van der Waals surface area contributed by atoms with Gasteiger partial charge >= 0.3 is 17.9 Å². The molecule has 3 rings (SSSR count). The summed E-state index contributed by atoms with van der Waals surface area (Å²) < 4.78 is 15.4. The molecular formula is C20H17NO6. The third-order valence-corrected chi connectivity index (χ3v) is 3.62. The van der Waals surface area contributed by atoms with Crippen molar-refractivity contribution in [3.8, 4) is 11.5 Å². The van der Waals surface area contributed by atoms with Crippen LogP contribution in [0.25, 0.3) is 6.08 Å². The van der Waals surface area contributed by atoms with Crippen molar-refractivity contribution in [2.75, 3.05) is 0 Å². The third kappa shape index (κ3) is 4.52. The zero-order chi connectivity index (χ0) is 19.4. The van der Waals surface area contributed by atoms with Gasteiger partial charge in [-0.3, -0.25) is 9.59 Å². The predicted molar refractivity (Wildman–Crippen MR) is 95.4 cm³/mol. The second-order valence-electron chi connectivity index (χ2n) is 5.79. The van der Waals surface area contributed by atoms with Crippen molar-refractivity contribution in [2.24, 2.45) is 0 Å². The van der Waals surface area contributed by atoms with E-state index in [1.54, 1.807) is 12.1 Å². The van der Waals surface area contributed by atoms with Gasteiger partial charge in [0.25, 0.3) is 0 Å². The largest absolute Gasteiger partial charge is 0.433 e. The minimum atomic E-state index is -0.571. The Morgan fingerprint density at radius 2 is 1.67 bits per heavy atom. The van der Waals surface area contributed by atoms with E-state index in [0.717, 1.165) is 5.56 Å². The Labute approximate surface area is 155 Å². The van der Waals surface area contributed by atoms with Gasteiger partial charge in [-0.15, -0.1) is 0 Å². The van der Waals surface area contributed by atoms with Crippen LogP contribution in [0, 0.1) is 0 Å². The van der Waals surface area contributed by atoms with Crippen LogP contribution in [0.4, 0.5) is 0 Å². The molecule has 1 unspecified atom stereocenters. The van der Waals surface area contributed by atoms with E-state index in [-0.39, 0.29) is 17.2 Å². The standard InChI is InChI=1S/C20H17NO6/c1-12(22)25-17-9-8-14(11-18(17)26-13(2)23)10-16-20(24)27-19(21-16)15-6-4-3-5-7-15/h3-11,19,21H,1-2H3/b16-10+. The third-order valence-electron chi connectivity index (χ3n) is 3.62. The molecule has 27 heavy (non-hydrogen) atoms. The van der Waals surface area contributed by atoms with E-state index >= 15 is 0 Å². The summed E-state index contributed by atoms with van der Waals surface area (Å²) in [7, 11) is 0. The highest BCUT2D eigenvalue weighted by atomic mass is 16.6. The smallest absolute Gasteiger partial charge is 0.356 e. The number of esters is 3. The number of hydrogen-bond acceptors (Lipinski definition) is 7. The number of benzene rings is 2. The van der Waals surface area contributed by atoms with E-state index in [2.05, 4.69) is 5.32 Å². The van der Waals surface area contributed by atoms with Gasteiger partial charge in [-0.25, -0.2) is 4.79 Å². The summed E-state index contributed by atoms with van der Waals surface area (Å²) in [6.45, 7) is 2.48. The maximum atomic E-state index is 12.1. The van der Waals surface area contributed by atoms with E-state index in [0.29, 0.717) is 5.56 Å². The van der Waals surface area contributed by atoms with Gasteiger partial charge < -0.3 is 19.5 Å². The van der Waals surface area contributed by atoms with E-state index in [1.807, 2.05) is 30.3 Å². The maximum Gasteiger partial charge on any atom is 0.356 e. The molecule has 0 spiro atoms. The Balaban J connectivity index is 1.86. The molecule has 1 fully saturated rings. The first kappa shape index (κ1) is 18.2. The lowest BCUT2D eigenvalue weighted by Gasteiger charge is -2.10. The fourth-order valence-corrected chi connectivity index (χ4v) is 2.53. The molecule has 7 heteroatoms. The predicted octanol–water partition coefficient (Wildman–Crippen LogP) is 2.72. The number of carbonyl (C=O) groups excluding carboxylic acids is 3. The second-order valence-corrected chi connectivity index (χ2v) is 5.79. The maximum absolute atomic E-state index is 12.1. The average molecular weight is 367 g/mol. The van der Waals surface area contributed by atoms with E-state index in [9.17, 15) is 14.4 Å². The molecular weight excluding hydrogens is 350 g/mol. The molecule has 0 aromatic heterocycles. The van der Waals surface area contributed by atoms with Crippen molar-refractivity contribution < 1.29 is 28.6 Å². The molecule has 1 aliphatic heterocycles. The summed E-state index contributed by atoms with van der Waals surface area (Å²) in [5.41, 5.74) is 1.65. The van der Waals surface area contributed by atoms with Crippen LogP contribution in [0.15, 0.2) is 54.2 Å². The topological polar surface area (TPSA) is 90.9 Å². The summed E-state index contributed by atoms with van der Waals surface area (Å²) >= 11 is 0. The van der Waals surface area contributed by atoms with Crippen LogP contribution in [0.1, 0.15) is 31.2 Å². The number of nitrogens with one attached hydrogen (secondary N) is 1. The highest BCUT2D eigenvalue weighted by Crippen LogP contribution is 2.31. The minimum absolute atomic E-state index is 0.0815. The number of rotatable bonds is 4. The Hall–Kier alpha value is -3.61. The van der Waals surface area contributed by atoms with Gasteiger partial charge in [0.2, 0.25) is 0 Å². The average Bonchev–Trinajstić information content (AvgIpc) is 2.98. The normalized spacial score (nSPS) is 17.2. The quantitative estimate of drug-likeness (QED) is 0.505. The molecule has 0 bridgehead atoms. The van der Waals surface area contributed by atoms with Crippen LogP contribution < -0.4 is 14.8 Å². The first-order valence-corrected chi connectivity index (χ1v) is 8.17. The molecule has 1 aliphatic rings. The van der Waals surface area contributed by atoms with Crippen molar-refractivity contribution in [3.05, 3.63) is 65.4 Å². The van der Waals surface area contributed by atoms with Crippen molar-refractivity contribution in [3.63, 3.8) is 0 Å². The fourth-order valence-electron chi connectivity index (χ4n) is 2.53. The Kier molecular flexibility index (Phi) is 5.21. The lowest BCUT2D eigenvalue weighted by molar-refractivity contribution is -0.139. The van der Waals surface area contributed by atoms with Crippen molar-refractivity contribution in [2.45, 2.75) is 20.1 Å². The molecule has 0 aliphatic carbocycles. The molecule has 1 saturated heterocycles. The molecule has 1 atom stereocenters. The molecule has 1 heterocycles. The minimum Gasteiger partial charge on any atom is -0.433 e. The summed E-state index contributed by atoms with van der Waals surface area (Å²) in [6, 6.07) is 13.9. The van der Waals surface area contributed by atoms with Crippen molar-refractivity contribution >= 4 is 24.0 Å². The van der Waals surface area contributed by atoms with Crippen LogP contribution in [0.5, 0.6) is 11.5 Å². The Bertz CT molecular complexity index is 919. The molecule has 7 nitrogen and oxygen atoms in total. The first-order valence-electron chi connectivity index (χ1n) is 8.17. The van der Waals surface area contributed by atoms with Crippen LogP contribution >= 0.6 is 0 Å². The molecule has 0 saturated carbocycles. The Morgan fingerprint density at radius 3 is 2.33 bits per heavy atom. The van der Waals surface area contributed by atoms with Gasteiger partial charge in [0.05, 0.1) is 0 Å². The van der Waals surface area contributed by atoms with Crippen LogP contribution in [-0.4, -0.2) is 17.9 Å². The molecule has 2 aromatic carbocycles. The van der Waals surface area contributed by atoms with Gasteiger partial charge in [0.15, 0.2) is 17.7 Å². The first-order chi connectivity index (χ1) is 12.9. The van der Waals surface area contributed by atoms with Gasteiger partial charge in [0.1, 0.15) is 5.70 Å². The molecule has 138 valence electrons. The highest BCUT2D eigenvalue weighted by molar-refractivity contribution is 5.95. The summed E-state index contributed by atoms with van der Waals surface area (Å²) in [5, 5.41) is 3.01. The molecule has 0 amide bonds. The van der Waals surface area contributed by atoms with Crippen LogP contribution in [0.2, 0.25) is 0 Å². The summed E-state index contributed by atoms with van der Waals surface area (Å²) in [5.74, 6) is -1.40. The fraction of sp³-hybridized carbons (Fsp3) is 0.150. The zero-order valence-electron chi connectivity index (χ0n) is 14.7. The molecule has 2 aromatic rings. The molecule has 0 radical (unpaired) electrons. The SMILES string of the molecule is CC(=O)Oc1ccc(/C=C2/NC(c3ccccc3)OC2=O)cc1OC(C)=O. The number of cyclic esters (lactones) is 1. The van der Waals surface area contributed by atoms with Crippen LogP contribution in [-0.2, 0) is 19.1 Å². The van der Waals surface area contributed by atoms with E-state index < -0.39 is 24.1 Å². The monoisotopic (exact) mass is 367 g/mol. The summed E-state index contributed by atoms with van der Waals surface area (Å²) in [6.07, 6.45) is 0.994. The zero-order valence-corrected chi connectivity index (χ0v) is 14.7. The lowest BCUT2D eigenvalue weighted by Crippen LogP contribution is -2.12. The van der Waals surface area contributed by atoms with Gasteiger partial charge in [-0.1, -0.05) is 36.4 Å². The van der Waals surface area contributed by atoms with Crippen molar-refractivity contribution in [1.82, 2.24) is 5.32 Å².